The molecule has 3 aromatic rings. The van der Waals surface area contributed by atoms with Crippen molar-refractivity contribution in [1.29, 1.82) is 0 Å². The fourth-order valence-corrected chi connectivity index (χ4v) is 2.83. The highest BCUT2D eigenvalue weighted by atomic mass is 16.3. The number of benzene rings is 2. The fraction of sp³-hybridized carbons (Fsp3) is 0.174. The molecule has 0 saturated heterocycles. The van der Waals surface area contributed by atoms with Gasteiger partial charge in [0, 0.05) is 29.2 Å². The molecule has 3 rings (SSSR count). The van der Waals surface area contributed by atoms with Gasteiger partial charge in [0.05, 0.1) is 12.8 Å². The molecule has 0 radical (unpaired) electrons. The molecule has 0 atom stereocenters. The number of carbonyl (C=O) groups excluding carboxylic acids is 3. The van der Waals surface area contributed by atoms with Crippen LogP contribution >= 0.6 is 0 Å². The van der Waals surface area contributed by atoms with Crippen LogP contribution in [0.3, 0.4) is 0 Å². The highest BCUT2D eigenvalue weighted by Gasteiger charge is 2.11. The lowest BCUT2D eigenvalue weighted by Gasteiger charge is -2.14. The van der Waals surface area contributed by atoms with E-state index in [1.165, 1.54) is 6.26 Å². The first-order chi connectivity index (χ1) is 15.0. The van der Waals surface area contributed by atoms with Gasteiger partial charge in [-0.25, -0.2) is 0 Å². The minimum atomic E-state index is -0.356. The Hall–Kier alpha value is -4.07. The summed E-state index contributed by atoms with van der Waals surface area (Å²) in [5.41, 5.74) is 3.31. The first-order valence-corrected chi connectivity index (χ1v) is 9.84. The van der Waals surface area contributed by atoms with E-state index in [1.54, 1.807) is 61.5 Å². The van der Waals surface area contributed by atoms with E-state index < -0.39 is 0 Å². The van der Waals surface area contributed by atoms with Gasteiger partial charge in [0.1, 0.15) is 0 Å². The Kier molecular flexibility index (Phi) is 7.05. The van der Waals surface area contributed by atoms with Crippen molar-refractivity contribution in [3.05, 3.63) is 72.2 Å². The third kappa shape index (κ3) is 5.96. The van der Waals surface area contributed by atoms with Gasteiger partial charge in [0.2, 0.25) is 11.8 Å². The summed E-state index contributed by atoms with van der Waals surface area (Å²) in [5, 5.41) is 11.4. The van der Waals surface area contributed by atoms with Crippen molar-refractivity contribution in [2.75, 3.05) is 27.8 Å². The van der Waals surface area contributed by atoms with Gasteiger partial charge in [-0.2, -0.15) is 0 Å². The van der Waals surface area contributed by atoms with Crippen LogP contribution in [0.1, 0.15) is 29.5 Å². The van der Waals surface area contributed by atoms with Gasteiger partial charge in [0.25, 0.3) is 5.91 Å². The maximum Gasteiger partial charge on any atom is 0.291 e. The lowest BCUT2D eigenvalue weighted by atomic mass is 10.1. The minimum absolute atomic E-state index is 0.0283. The summed E-state index contributed by atoms with van der Waals surface area (Å²) in [6, 6.07) is 15.6. The smallest absolute Gasteiger partial charge is 0.291 e. The first-order valence-electron chi connectivity index (χ1n) is 9.84. The predicted molar refractivity (Wildman–Crippen MR) is 120 cm³/mol. The van der Waals surface area contributed by atoms with Gasteiger partial charge in [-0.1, -0.05) is 19.1 Å². The molecule has 160 valence electrons. The van der Waals surface area contributed by atoms with E-state index in [4.69, 9.17) is 4.42 Å². The number of rotatable bonds is 8. The molecule has 4 N–H and O–H groups in total. The molecule has 3 amide bonds. The largest absolute Gasteiger partial charge is 0.459 e. The third-order valence-electron chi connectivity index (χ3n) is 4.52. The van der Waals surface area contributed by atoms with Gasteiger partial charge >= 0.3 is 0 Å². The number of nitrogens with one attached hydrogen (secondary N) is 4. The Morgan fingerprint density at radius 3 is 2.19 bits per heavy atom. The molecule has 2 aromatic carbocycles. The lowest BCUT2D eigenvalue weighted by molar-refractivity contribution is -0.116. The SMILES string of the molecule is CCC(=O)Nc1cccc(NC(=O)CNc2cccc(NC(=O)c3ccco3)c2)c1C. The Balaban J connectivity index is 1.57. The molecule has 1 aromatic heterocycles. The van der Waals surface area contributed by atoms with E-state index in [2.05, 4.69) is 21.3 Å². The van der Waals surface area contributed by atoms with Crippen LogP contribution in [0, 0.1) is 6.92 Å². The molecule has 0 aliphatic carbocycles. The van der Waals surface area contributed by atoms with Crippen molar-refractivity contribution in [2.24, 2.45) is 0 Å². The van der Waals surface area contributed by atoms with E-state index in [-0.39, 0.29) is 30.0 Å². The second-order valence-corrected chi connectivity index (χ2v) is 6.79. The molecule has 0 fully saturated rings. The number of hydrogen-bond acceptors (Lipinski definition) is 5. The van der Waals surface area contributed by atoms with Gasteiger partial charge in [-0.05, 0) is 55.0 Å². The second kappa shape index (κ2) is 10.1. The van der Waals surface area contributed by atoms with E-state index in [9.17, 15) is 14.4 Å². The lowest BCUT2D eigenvalue weighted by Crippen LogP contribution is -2.22. The summed E-state index contributed by atoms with van der Waals surface area (Å²) in [6.45, 7) is 3.64. The molecule has 0 aliphatic rings. The van der Waals surface area contributed by atoms with Gasteiger partial charge < -0.3 is 25.7 Å². The summed E-state index contributed by atoms with van der Waals surface area (Å²) in [4.78, 5) is 36.1. The summed E-state index contributed by atoms with van der Waals surface area (Å²) < 4.78 is 5.08. The maximum absolute atomic E-state index is 12.4. The summed E-state index contributed by atoms with van der Waals surface area (Å²) >= 11 is 0. The highest BCUT2D eigenvalue weighted by molar-refractivity contribution is 6.02. The van der Waals surface area contributed by atoms with E-state index in [1.807, 2.05) is 6.92 Å². The molecule has 8 nitrogen and oxygen atoms in total. The zero-order valence-electron chi connectivity index (χ0n) is 17.3. The van der Waals surface area contributed by atoms with E-state index >= 15 is 0 Å². The molecule has 0 saturated carbocycles. The number of carbonyl (C=O) groups is 3. The Bertz CT molecular complexity index is 1080. The topological polar surface area (TPSA) is 112 Å². The summed E-state index contributed by atoms with van der Waals surface area (Å²) in [5.74, 6) is -0.477. The van der Waals surface area contributed by atoms with Crippen LogP contribution in [-0.4, -0.2) is 24.3 Å². The Labute approximate surface area is 180 Å². The van der Waals surface area contributed by atoms with Crippen LogP contribution in [-0.2, 0) is 9.59 Å². The highest BCUT2D eigenvalue weighted by Crippen LogP contribution is 2.23. The van der Waals surface area contributed by atoms with Crippen molar-refractivity contribution in [1.82, 2.24) is 0 Å². The zero-order chi connectivity index (χ0) is 22.2. The summed E-state index contributed by atoms with van der Waals surface area (Å²) in [7, 11) is 0. The summed E-state index contributed by atoms with van der Waals surface area (Å²) in [6.07, 6.45) is 1.81. The van der Waals surface area contributed by atoms with Crippen LogP contribution in [0.15, 0.2) is 65.3 Å². The van der Waals surface area contributed by atoms with Crippen LogP contribution < -0.4 is 21.3 Å². The van der Waals surface area contributed by atoms with Crippen LogP contribution in [0.5, 0.6) is 0 Å². The van der Waals surface area contributed by atoms with Crippen LogP contribution in [0.2, 0.25) is 0 Å². The molecule has 31 heavy (non-hydrogen) atoms. The zero-order valence-corrected chi connectivity index (χ0v) is 17.3. The fourth-order valence-electron chi connectivity index (χ4n) is 2.83. The monoisotopic (exact) mass is 420 g/mol. The minimum Gasteiger partial charge on any atom is -0.459 e. The van der Waals surface area contributed by atoms with E-state index in [0.29, 0.717) is 29.2 Å². The molecule has 0 spiro atoms. The molecule has 0 bridgehead atoms. The standard InChI is InChI=1S/C23H24N4O4/c1-3-21(28)26-18-9-5-10-19(15(18)2)27-22(29)14-24-16-7-4-8-17(13-16)25-23(30)20-11-6-12-31-20/h4-13,24H,3,14H2,1-2H3,(H,25,30)(H,26,28)(H,27,29). The van der Waals surface area contributed by atoms with Gasteiger partial charge in [0.15, 0.2) is 5.76 Å². The number of amides is 3. The van der Waals surface area contributed by atoms with Crippen molar-refractivity contribution < 1.29 is 18.8 Å². The molecule has 1 heterocycles. The molecular formula is C23H24N4O4. The molecule has 8 heteroatoms. The molecular weight excluding hydrogens is 396 g/mol. The number of anilines is 4. The Morgan fingerprint density at radius 1 is 0.839 bits per heavy atom. The van der Waals surface area contributed by atoms with Crippen LogP contribution in [0.4, 0.5) is 22.7 Å². The van der Waals surface area contributed by atoms with Crippen molar-refractivity contribution in [2.45, 2.75) is 20.3 Å². The van der Waals surface area contributed by atoms with Crippen molar-refractivity contribution >= 4 is 40.5 Å². The van der Waals surface area contributed by atoms with Crippen LogP contribution in [0.25, 0.3) is 0 Å². The second-order valence-electron chi connectivity index (χ2n) is 6.79. The maximum atomic E-state index is 12.4. The van der Waals surface area contributed by atoms with Crippen molar-refractivity contribution in [3.63, 3.8) is 0 Å². The van der Waals surface area contributed by atoms with Gasteiger partial charge in [-0.3, -0.25) is 14.4 Å². The van der Waals surface area contributed by atoms with Gasteiger partial charge in [-0.15, -0.1) is 0 Å². The molecule has 0 aliphatic heterocycles. The Morgan fingerprint density at radius 2 is 1.52 bits per heavy atom. The van der Waals surface area contributed by atoms with E-state index in [0.717, 1.165) is 5.56 Å². The first kappa shape index (κ1) is 21.6. The predicted octanol–water partition coefficient (Wildman–Crippen LogP) is 4.24. The normalized spacial score (nSPS) is 10.3. The quantitative estimate of drug-likeness (QED) is 0.435. The van der Waals surface area contributed by atoms with Crippen molar-refractivity contribution in [3.8, 4) is 0 Å². The third-order valence-corrected chi connectivity index (χ3v) is 4.52. The average Bonchev–Trinajstić information content (AvgIpc) is 3.30. The number of hydrogen-bond donors (Lipinski definition) is 4. The number of furan rings is 1. The molecule has 0 unspecified atom stereocenters. The average molecular weight is 420 g/mol.